The lowest BCUT2D eigenvalue weighted by molar-refractivity contribution is 0.0781. The molecule has 0 bridgehead atoms. The molecule has 2 aromatic rings. The Morgan fingerprint density at radius 2 is 1.55 bits per heavy atom. The molecule has 1 aliphatic heterocycles. The first-order chi connectivity index (χ1) is 14.1. The molecule has 1 saturated heterocycles. The molecular formula is C24H36Cl2N2O3. The third-order valence-electron chi connectivity index (χ3n) is 5.60. The Morgan fingerprint density at radius 1 is 0.839 bits per heavy atom. The fourth-order valence-electron chi connectivity index (χ4n) is 3.76. The third-order valence-corrected chi connectivity index (χ3v) is 5.60. The first-order valence-corrected chi connectivity index (χ1v) is 10.5. The molecule has 174 valence electrons. The summed E-state index contributed by atoms with van der Waals surface area (Å²) in [5.74, 6) is 1.92. The zero-order chi connectivity index (χ0) is 20.6. The highest BCUT2D eigenvalue weighted by atomic mass is 35.5. The van der Waals surface area contributed by atoms with Gasteiger partial charge in [0.1, 0.15) is 18.1 Å². The Bertz CT molecular complexity index is 796. The molecule has 3 rings (SSSR count). The summed E-state index contributed by atoms with van der Waals surface area (Å²) in [5.41, 5.74) is 4.90. The van der Waals surface area contributed by atoms with Crippen LogP contribution in [0.1, 0.15) is 16.7 Å². The van der Waals surface area contributed by atoms with Crippen molar-refractivity contribution < 1.29 is 14.2 Å². The Labute approximate surface area is 199 Å². The molecule has 1 aliphatic rings. The molecule has 0 saturated carbocycles. The molecule has 0 N–H and O–H groups in total. The largest absolute Gasteiger partial charge is 0.495 e. The zero-order valence-corrected chi connectivity index (χ0v) is 20.7. The van der Waals surface area contributed by atoms with Crippen LogP contribution in [-0.2, 0) is 4.74 Å². The van der Waals surface area contributed by atoms with E-state index in [-0.39, 0.29) is 24.8 Å². The molecule has 0 amide bonds. The predicted molar refractivity (Wildman–Crippen MR) is 133 cm³/mol. The van der Waals surface area contributed by atoms with Crippen molar-refractivity contribution in [2.24, 2.45) is 0 Å². The number of anilines is 1. The summed E-state index contributed by atoms with van der Waals surface area (Å²) in [5, 5.41) is 0. The summed E-state index contributed by atoms with van der Waals surface area (Å²) in [6, 6.07) is 12.5. The van der Waals surface area contributed by atoms with Crippen molar-refractivity contribution in [3.05, 3.63) is 53.1 Å². The monoisotopic (exact) mass is 470 g/mol. The Balaban J connectivity index is 0.00000240. The molecule has 5 nitrogen and oxygen atoms in total. The average Bonchev–Trinajstić information content (AvgIpc) is 2.74. The van der Waals surface area contributed by atoms with Crippen LogP contribution in [0.5, 0.6) is 11.5 Å². The lowest BCUT2D eigenvalue weighted by atomic mass is 10.1. The fourth-order valence-corrected chi connectivity index (χ4v) is 3.76. The predicted octanol–water partition coefficient (Wildman–Crippen LogP) is 4.68. The average molecular weight is 471 g/mol. The summed E-state index contributed by atoms with van der Waals surface area (Å²) in [6.45, 7) is 13.3. The second-order valence-electron chi connectivity index (χ2n) is 7.67. The molecule has 0 aliphatic carbocycles. The van der Waals surface area contributed by atoms with Crippen LogP contribution < -0.4 is 14.4 Å². The molecule has 0 atom stereocenters. The van der Waals surface area contributed by atoms with E-state index in [2.05, 4.69) is 54.8 Å². The Kier molecular flexibility index (Phi) is 12.1. The Hall–Kier alpha value is -1.66. The number of piperazine rings is 1. The van der Waals surface area contributed by atoms with Gasteiger partial charge in [-0.2, -0.15) is 0 Å². The molecule has 0 radical (unpaired) electrons. The van der Waals surface area contributed by atoms with Gasteiger partial charge in [-0.05, 0) is 55.7 Å². The van der Waals surface area contributed by atoms with Crippen molar-refractivity contribution in [2.45, 2.75) is 20.8 Å². The van der Waals surface area contributed by atoms with Crippen molar-refractivity contribution in [3.63, 3.8) is 0 Å². The van der Waals surface area contributed by atoms with Gasteiger partial charge in [-0.25, -0.2) is 0 Å². The first kappa shape index (κ1) is 27.4. The second-order valence-corrected chi connectivity index (χ2v) is 7.67. The van der Waals surface area contributed by atoms with E-state index < -0.39 is 0 Å². The lowest BCUT2D eigenvalue weighted by Gasteiger charge is -2.36. The van der Waals surface area contributed by atoms with Gasteiger partial charge in [0.2, 0.25) is 0 Å². The minimum atomic E-state index is 0. The number of halogens is 2. The molecule has 31 heavy (non-hydrogen) atoms. The van der Waals surface area contributed by atoms with Crippen LogP contribution in [-0.4, -0.2) is 64.6 Å². The topological polar surface area (TPSA) is 34.2 Å². The zero-order valence-electron chi connectivity index (χ0n) is 19.1. The number of ether oxygens (including phenoxy) is 3. The maximum Gasteiger partial charge on any atom is 0.142 e. The number of nitrogens with zero attached hydrogens (tertiary/aromatic N) is 2. The van der Waals surface area contributed by atoms with E-state index in [1.807, 2.05) is 12.1 Å². The quantitative estimate of drug-likeness (QED) is 0.496. The van der Waals surface area contributed by atoms with Gasteiger partial charge in [0.15, 0.2) is 0 Å². The number of rotatable bonds is 9. The fraction of sp³-hybridized carbons (Fsp3) is 0.500. The highest BCUT2D eigenvalue weighted by Gasteiger charge is 2.19. The van der Waals surface area contributed by atoms with E-state index >= 15 is 0 Å². The minimum Gasteiger partial charge on any atom is -0.495 e. The van der Waals surface area contributed by atoms with E-state index in [9.17, 15) is 0 Å². The van der Waals surface area contributed by atoms with Crippen LogP contribution in [0.4, 0.5) is 5.69 Å². The van der Waals surface area contributed by atoms with Gasteiger partial charge in [-0.1, -0.05) is 18.2 Å². The maximum absolute atomic E-state index is 5.92. The first-order valence-electron chi connectivity index (χ1n) is 10.5. The summed E-state index contributed by atoms with van der Waals surface area (Å²) >= 11 is 0. The van der Waals surface area contributed by atoms with Crippen LogP contribution >= 0.6 is 24.8 Å². The molecule has 0 unspecified atom stereocenters. The smallest absolute Gasteiger partial charge is 0.142 e. The van der Waals surface area contributed by atoms with Gasteiger partial charge < -0.3 is 19.1 Å². The summed E-state index contributed by atoms with van der Waals surface area (Å²) in [6.07, 6.45) is 0. The lowest BCUT2D eigenvalue weighted by Crippen LogP contribution is -2.47. The van der Waals surface area contributed by atoms with Crippen LogP contribution in [0.15, 0.2) is 36.4 Å². The van der Waals surface area contributed by atoms with Crippen LogP contribution in [0.2, 0.25) is 0 Å². The highest BCUT2D eigenvalue weighted by Crippen LogP contribution is 2.28. The van der Waals surface area contributed by atoms with Gasteiger partial charge in [-0.3, -0.25) is 4.90 Å². The van der Waals surface area contributed by atoms with Gasteiger partial charge in [0.05, 0.1) is 26.0 Å². The summed E-state index contributed by atoms with van der Waals surface area (Å²) < 4.78 is 17.2. The summed E-state index contributed by atoms with van der Waals surface area (Å²) in [7, 11) is 1.73. The van der Waals surface area contributed by atoms with E-state index in [1.54, 1.807) is 7.11 Å². The SMILES string of the molecule is COc1ccccc1N1CCN(CCOCCOc2cc(C)cc(C)c2C)CC1.Cl.Cl. The minimum absolute atomic E-state index is 0. The molecule has 0 aromatic heterocycles. The number of aryl methyl sites for hydroxylation is 2. The van der Waals surface area contributed by atoms with E-state index in [4.69, 9.17) is 14.2 Å². The molecule has 7 heteroatoms. The van der Waals surface area contributed by atoms with Crippen LogP contribution in [0.25, 0.3) is 0 Å². The number of para-hydroxylation sites is 2. The van der Waals surface area contributed by atoms with Gasteiger partial charge in [-0.15, -0.1) is 24.8 Å². The molecule has 2 aromatic carbocycles. The molecule has 0 spiro atoms. The normalized spacial score (nSPS) is 13.9. The number of hydrogen-bond acceptors (Lipinski definition) is 5. The van der Waals surface area contributed by atoms with Crippen LogP contribution in [0, 0.1) is 20.8 Å². The molecular weight excluding hydrogens is 435 g/mol. The standard InChI is InChI=1S/C24H34N2O3.2ClH/c1-19-17-20(2)21(3)24(18-19)29-16-15-28-14-13-25-9-11-26(12-10-25)22-7-5-6-8-23(22)27-4;;/h5-8,17-18H,9-16H2,1-4H3;2*1H. The highest BCUT2D eigenvalue weighted by molar-refractivity contribution is 5.85. The second kappa shape index (κ2) is 13.7. The molecule has 1 fully saturated rings. The van der Waals surface area contributed by atoms with E-state index in [0.29, 0.717) is 13.2 Å². The van der Waals surface area contributed by atoms with E-state index in [0.717, 1.165) is 50.8 Å². The number of methoxy groups -OCH3 is 1. The third kappa shape index (κ3) is 7.76. The van der Waals surface area contributed by atoms with Crippen molar-refractivity contribution in [3.8, 4) is 11.5 Å². The van der Waals surface area contributed by atoms with Crippen LogP contribution in [0.3, 0.4) is 0 Å². The van der Waals surface area contributed by atoms with Gasteiger partial charge >= 0.3 is 0 Å². The van der Waals surface area contributed by atoms with Gasteiger partial charge in [0.25, 0.3) is 0 Å². The van der Waals surface area contributed by atoms with Crippen molar-refractivity contribution in [1.82, 2.24) is 4.90 Å². The maximum atomic E-state index is 5.92. The van der Waals surface area contributed by atoms with Crippen molar-refractivity contribution in [1.29, 1.82) is 0 Å². The number of benzene rings is 2. The van der Waals surface area contributed by atoms with Crippen molar-refractivity contribution in [2.75, 3.05) is 64.6 Å². The number of hydrogen-bond donors (Lipinski definition) is 0. The Morgan fingerprint density at radius 3 is 2.26 bits per heavy atom. The van der Waals surface area contributed by atoms with E-state index in [1.165, 1.54) is 22.4 Å². The van der Waals surface area contributed by atoms with Crippen molar-refractivity contribution >= 4 is 30.5 Å². The molecule has 1 heterocycles. The summed E-state index contributed by atoms with van der Waals surface area (Å²) in [4.78, 5) is 4.86. The van der Waals surface area contributed by atoms with Gasteiger partial charge in [0, 0.05) is 32.7 Å².